The molecule has 0 saturated carbocycles. The lowest BCUT2D eigenvalue weighted by molar-refractivity contribution is 0.398. The number of aromatic nitrogens is 2. The molecule has 1 aromatic heterocycles. The van der Waals surface area contributed by atoms with Gasteiger partial charge in [-0.1, -0.05) is 29.8 Å². The number of ether oxygens (including phenoxy) is 2. The summed E-state index contributed by atoms with van der Waals surface area (Å²) in [5.41, 5.74) is 2.51. The topological polar surface area (TPSA) is 47.5 Å². The van der Waals surface area contributed by atoms with Crippen molar-refractivity contribution in [1.29, 1.82) is 0 Å². The Hall–Kier alpha value is -2.79. The van der Waals surface area contributed by atoms with Crippen LogP contribution < -0.4 is 14.4 Å². The van der Waals surface area contributed by atoms with E-state index in [2.05, 4.69) is 11.6 Å². The van der Waals surface area contributed by atoms with E-state index in [1.807, 2.05) is 47.4 Å². The van der Waals surface area contributed by atoms with Crippen LogP contribution in [0.15, 0.2) is 55.1 Å². The summed E-state index contributed by atoms with van der Waals surface area (Å²) in [6.07, 6.45) is 1.81. The van der Waals surface area contributed by atoms with E-state index in [0.717, 1.165) is 28.1 Å². The van der Waals surface area contributed by atoms with Crippen LogP contribution in [0.5, 0.6) is 11.5 Å². The number of hydrogen-bond acceptors (Lipinski definition) is 5. The van der Waals surface area contributed by atoms with Crippen LogP contribution >= 0.6 is 11.6 Å². The van der Waals surface area contributed by atoms with Gasteiger partial charge in [0.15, 0.2) is 11.0 Å². The Balaban J connectivity index is 2.03. The first-order valence-electron chi connectivity index (χ1n) is 8.15. The number of hydrogen-bond donors (Lipinski definition) is 0. The summed E-state index contributed by atoms with van der Waals surface area (Å²) in [6, 6.07) is 13.3. The molecule has 0 aliphatic carbocycles. The zero-order chi connectivity index (χ0) is 18.5. The molecule has 3 aromatic rings. The number of methoxy groups -OCH3 is 2. The number of anilines is 1. The second kappa shape index (κ2) is 8.06. The van der Waals surface area contributed by atoms with E-state index < -0.39 is 0 Å². The molecule has 6 heteroatoms. The normalized spacial score (nSPS) is 10.6. The third-order valence-corrected chi connectivity index (χ3v) is 4.26. The van der Waals surface area contributed by atoms with Gasteiger partial charge in [-0.15, -0.1) is 6.58 Å². The Bertz CT molecular complexity index is 930. The molecule has 0 spiro atoms. The minimum absolute atomic E-state index is 0.354. The average Bonchev–Trinajstić information content (AvgIpc) is 2.67. The van der Waals surface area contributed by atoms with Crippen LogP contribution in [0.4, 0.5) is 5.82 Å². The van der Waals surface area contributed by atoms with Gasteiger partial charge >= 0.3 is 0 Å². The van der Waals surface area contributed by atoms with Crippen molar-refractivity contribution in [2.75, 3.05) is 25.7 Å². The van der Waals surface area contributed by atoms with Gasteiger partial charge in [-0.25, -0.2) is 9.97 Å². The number of nitrogens with zero attached hydrogens (tertiary/aromatic N) is 3. The van der Waals surface area contributed by atoms with E-state index in [1.54, 1.807) is 20.3 Å². The summed E-state index contributed by atoms with van der Waals surface area (Å²) in [6.45, 7) is 4.94. The van der Waals surface area contributed by atoms with Crippen molar-refractivity contribution in [3.63, 3.8) is 0 Å². The van der Waals surface area contributed by atoms with E-state index in [-0.39, 0.29) is 0 Å². The average molecular weight is 370 g/mol. The first-order chi connectivity index (χ1) is 12.7. The molecule has 0 saturated heterocycles. The largest absolute Gasteiger partial charge is 0.497 e. The quantitative estimate of drug-likeness (QED) is 0.574. The molecule has 0 fully saturated rings. The monoisotopic (exact) mass is 369 g/mol. The molecule has 0 N–H and O–H groups in total. The molecule has 5 nitrogen and oxygen atoms in total. The maximum Gasteiger partial charge on any atom is 0.172 e. The zero-order valence-electron chi connectivity index (χ0n) is 14.8. The number of benzene rings is 2. The molecule has 0 amide bonds. The molecular weight excluding hydrogens is 350 g/mol. The molecule has 134 valence electrons. The van der Waals surface area contributed by atoms with Crippen LogP contribution in [0.3, 0.4) is 0 Å². The maximum absolute atomic E-state index is 6.43. The van der Waals surface area contributed by atoms with Crippen molar-refractivity contribution in [1.82, 2.24) is 9.97 Å². The zero-order valence-corrected chi connectivity index (χ0v) is 15.5. The van der Waals surface area contributed by atoms with Gasteiger partial charge in [-0.2, -0.15) is 0 Å². The number of fused-ring (bicyclic) bond motifs is 1. The molecule has 2 aromatic carbocycles. The summed E-state index contributed by atoms with van der Waals surface area (Å²) in [5.74, 6) is 2.13. The molecule has 0 unspecified atom stereocenters. The highest BCUT2D eigenvalue weighted by Crippen LogP contribution is 2.30. The molecule has 26 heavy (non-hydrogen) atoms. The predicted octanol–water partition coefficient (Wildman–Crippen LogP) is 4.49. The molecule has 0 radical (unpaired) electrons. The standard InChI is InChI=1S/C20H20ClN3O2/c1-4-11-24(13-14-12-15(25-2)9-10-18(14)26-3)20-19(21)22-16-7-5-6-8-17(16)23-20/h4-10,12H,1,11,13H2,2-3H3. The second-order valence-electron chi connectivity index (χ2n) is 5.67. The second-order valence-corrected chi connectivity index (χ2v) is 6.03. The number of halogens is 1. The lowest BCUT2D eigenvalue weighted by Gasteiger charge is -2.24. The Morgan fingerprint density at radius 1 is 1.08 bits per heavy atom. The van der Waals surface area contributed by atoms with Gasteiger partial charge in [-0.3, -0.25) is 0 Å². The van der Waals surface area contributed by atoms with Crippen LogP contribution in [-0.2, 0) is 6.54 Å². The van der Waals surface area contributed by atoms with Crippen molar-refractivity contribution < 1.29 is 9.47 Å². The van der Waals surface area contributed by atoms with Crippen LogP contribution in [0.25, 0.3) is 11.0 Å². The summed E-state index contributed by atoms with van der Waals surface area (Å²) < 4.78 is 10.8. The van der Waals surface area contributed by atoms with Gasteiger partial charge < -0.3 is 14.4 Å². The van der Waals surface area contributed by atoms with Crippen LogP contribution in [0.2, 0.25) is 5.15 Å². The molecule has 0 atom stereocenters. The smallest absolute Gasteiger partial charge is 0.172 e. The summed E-state index contributed by atoms with van der Waals surface area (Å²) in [4.78, 5) is 11.2. The minimum atomic E-state index is 0.354. The van der Waals surface area contributed by atoms with Gasteiger partial charge in [-0.05, 0) is 30.3 Å². The van der Waals surface area contributed by atoms with E-state index in [9.17, 15) is 0 Å². The molecule has 0 bridgehead atoms. The Labute approximate surface area is 157 Å². The van der Waals surface area contributed by atoms with Gasteiger partial charge in [0.25, 0.3) is 0 Å². The number of para-hydroxylation sites is 2. The van der Waals surface area contributed by atoms with Gasteiger partial charge in [0.05, 0.1) is 25.3 Å². The molecule has 1 heterocycles. The van der Waals surface area contributed by atoms with Gasteiger partial charge in [0.2, 0.25) is 0 Å². The molecule has 3 rings (SSSR count). The van der Waals surface area contributed by atoms with Gasteiger partial charge in [0, 0.05) is 18.7 Å². The maximum atomic E-state index is 6.43. The number of rotatable bonds is 7. The SMILES string of the molecule is C=CCN(Cc1cc(OC)ccc1OC)c1nc2ccccc2nc1Cl. The van der Waals surface area contributed by atoms with Crippen molar-refractivity contribution >= 4 is 28.5 Å². The lowest BCUT2D eigenvalue weighted by atomic mass is 10.1. The van der Waals surface area contributed by atoms with E-state index in [4.69, 9.17) is 26.1 Å². The summed E-state index contributed by atoms with van der Waals surface area (Å²) >= 11 is 6.43. The fourth-order valence-electron chi connectivity index (χ4n) is 2.76. The van der Waals surface area contributed by atoms with Crippen LogP contribution in [-0.4, -0.2) is 30.7 Å². The Morgan fingerprint density at radius 2 is 1.81 bits per heavy atom. The van der Waals surface area contributed by atoms with Crippen molar-refractivity contribution in [2.24, 2.45) is 0 Å². The van der Waals surface area contributed by atoms with Crippen molar-refractivity contribution in [2.45, 2.75) is 6.54 Å². The predicted molar refractivity (Wildman–Crippen MR) is 105 cm³/mol. The third kappa shape index (κ3) is 3.73. The fraction of sp³-hybridized carbons (Fsp3) is 0.200. The van der Waals surface area contributed by atoms with Gasteiger partial charge in [0.1, 0.15) is 11.5 Å². The fourth-order valence-corrected chi connectivity index (χ4v) is 3.02. The molecule has 0 aliphatic rings. The first-order valence-corrected chi connectivity index (χ1v) is 8.53. The molecular formula is C20H20ClN3O2. The Morgan fingerprint density at radius 3 is 2.46 bits per heavy atom. The highest BCUT2D eigenvalue weighted by atomic mass is 35.5. The lowest BCUT2D eigenvalue weighted by Crippen LogP contribution is -2.24. The van der Waals surface area contributed by atoms with Crippen molar-refractivity contribution in [3.05, 3.63) is 65.8 Å². The van der Waals surface area contributed by atoms with Crippen LogP contribution in [0.1, 0.15) is 5.56 Å². The third-order valence-electron chi connectivity index (χ3n) is 4.01. The highest BCUT2D eigenvalue weighted by Gasteiger charge is 2.17. The van der Waals surface area contributed by atoms with E-state index in [1.165, 1.54) is 0 Å². The van der Waals surface area contributed by atoms with E-state index >= 15 is 0 Å². The van der Waals surface area contributed by atoms with E-state index in [0.29, 0.717) is 24.1 Å². The molecule has 0 aliphatic heterocycles. The van der Waals surface area contributed by atoms with Crippen molar-refractivity contribution in [3.8, 4) is 11.5 Å². The minimum Gasteiger partial charge on any atom is -0.497 e. The Kier molecular flexibility index (Phi) is 5.58. The summed E-state index contributed by atoms with van der Waals surface area (Å²) in [7, 11) is 3.28. The van der Waals surface area contributed by atoms with Crippen LogP contribution in [0, 0.1) is 0 Å². The highest BCUT2D eigenvalue weighted by molar-refractivity contribution is 6.32. The first kappa shape index (κ1) is 18.0. The summed E-state index contributed by atoms with van der Waals surface area (Å²) in [5, 5.41) is 0.354.